The Morgan fingerprint density at radius 2 is 1.56 bits per heavy atom. The van der Waals surface area contributed by atoms with Gasteiger partial charge in [-0.25, -0.2) is 8.42 Å². The van der Waals surface area contributed by atoms with E-state index in [1.807, 2.05) is 54.6 Å². The van der Waals surface area contributed by atoms with Crippen LogP contribution in [0.2, 0.25) is 5.02 Å². The third-order valence-electron chi connectivity index (χ3n) is 4.18. The summed E-state index contributed by atoms with van der Waals surface area (Å²) >= 11 is 6.22. The van der Waals surface area contributed by atoms with Gasteiger partial charge in [-0.15, -0.1) is 0 Å². The van der Waals surface area contributed by atoms with Crippen molar-refractivity contribution in [1.82, 2.24) is 4.31 Å². The lowest BCUT2D eigenvalue weighted by Gasteiger charge is -2.35. The van der Waals surface area contributed by atoms with Gasteiger partial charge in [-0.2, -0.15) is 4.31 Å². The monoisotopic (exact) mass is 380 g/mol. The maximum absolute atomic E-state index is 12.5. The van der Waals surface area contributed by atoms with Crippen LogP contribution in [0, 0.1) is 0 Å². The molecular formula is C18H21ClN2O3S. The Balaban J connectivity index is 1.52. The number of halogens is 1. The maximum atomic E-state index is 12.5. The Morgan fingerprint density at radius 1 is 0.920 bits per heavy atom. The number of sulfonamides is 1. The van der Waals surface area contributed by atoms with Gasteiger partial charge in [-0.1, -0.05) is 41.9 Å². The summed E-state index contributed by atoms with van der Waals surface area (Å²) < 4.78 is 32.0. The van der Waals surface area contributed by atoms with Gasteiger partial charge in [-0.05, 0) is 24.3 Å². The van der Waals surface area contributed by atoms with Crippen molar-refractivity contribution < 1.29 is 13.2 Å². The van der Waals surface area contributed by atoms with Crippen LogP contribution in [-0.2, 0) is 10.0 Å². The minimum atomic E-state index is -3.32. The normalized spacial score (nSPS) is 16.0. The molecule has 0 amide bonds. The van der Waals surface area contributed by atoms with Crippen molar-refractivity contribution in [3.05, 3.63) is 59.6 Å². The van der Waals surface area contributed by atoms with Crippen molar-refractivity contribution in [2.24, 2.45) is 0 Å². The number of benzene rings is 2. The highest BCUT2D eigenvalue weighted by Crippen LogP contribution is 2.26. The smallest absolute Gasteiger partial charge is 0.217 e. The van der Waals surface area contributed by atoms with Crippen LogP contribution in [0.3, 0.4) is 0 Å². The van der Waals surface area contributed by atoms with Gasteiger partial charge in [0.2, 0.25) is 10.0 Å². The first kappa shape index (κ1) is 18.0. The molecule has 0 aromatic heterocycles. The largest absolute Gasteiger partial charge is 0.492 e. The fourth-order valence-electron chi connectivity index (χ4n) is 2.83. The molecule has 7 heteroatoms. The van der Waals surface area contributed by atoms with Gasteiger partial charge in [0, 0.05) is 26.2 Å². The lowest BCUT2D eigenvalue weighted by atomic mass is 10.2. The van der Waals surface area contributed by atoms with E-state index in [0.717, 1.165) is 5.69 Å². The van der Waals surface area contributed by atoms with Crippen LogP contribution in [0.1, 0.15) is 0 Å². The van der Waals surface area contributed by atoms with E-state index in [1.165, 1.54) is 4.31 Å². The van der Waals surface area contributed by atoms with Crippen LogP contribution in [0.15, 0.2) is 54.6 Å². The molecule has 3 rings (SSSR count). The second-order valence-electron chi connectivity index (χ2n) is 5.82. The van der Waals surface area contributed by atoms with E-state index in [9.17, 15) is 8.42 Å². The molecule has 2 aromatic carbocycles. The molecule has 5 nitrogen and oxygen atoms in total. The van der Waals surface area contributed by atoms with Gasteiger partial charge in [0.25, 0.3) is 0 Å². The molecule has 1 fully saturated rings. The standard InChI is InChI=1S/C18H21ClN2O3S/c19-17-8-4-5-9-18(17)20-10-12-21(13-11-20)25(22,23)15-14-24-16-6-2-1-3-7-16/h1-9H,10-15H2. The predicted molar refractivity (Wildman–Crippen MR) is 101 cm³/mol. The highest BCUT2D eigenvalue weighted by atomic mass is 35.5. The first-order valence-electron chi connectivity index (χ1n) is 8.21. The summed E-state index contributed by atoms with van der Waals surface area (Å²) in [7, 11) is -3.32. The number of para-hydroxylation sites is 2. The summed E-state index contributed by atoms with van der Waals surface area (Å²) in [5, 5.41) is 0.690. The van der Waals surface area contributed by atoms with E-state index < -0.39 is 10.0 Å². The predicted octanol–water partition coefficient (Wildman–Crippen LogP) is 2.87. The first-order valence-corrected chi connectivity index (χ1v) is 10.2. The lowest BCUT2D eigenvalue weighted by molar-refractivity contribution is 0.331. The van der Waals surface area contributed by atoms with E-state index in [1.54, 1.807) is 0 Å². The molecule has 1 aliphatic rings. The molecule has 0 spiro atoms. The molecule has 1 aliphatic heterocycles. The second kappa shape index (κ2) is 8.08. The van der Waals surface area contributed by atoms with Crippen LogP contribution >= 0.6 is 11.6 Å². The molecule has 25 heavy (non-hydrogen) atoms. The Hall–Kier alpha value is -1.76. The zero-order valence-electron chi connectivity index (χ0n) is 13.8. The molecule has 0 saturated carbocycles. The van der Waals surface area contributed by atoms with Crippen molar-refractivity contribution in [2.45, 2.75) is 0 Å². The fourth-order valence-corrected chi connectivity index (χ4v) is 4.35. The van der Waals surface area contributed by atoms with Gasteiger partial charge in [0.05, 0.1) is 16.5 Å². The molecule has 1 saturated heterocycles. The fraction of sp³-hybridized carbons (Fsp3) is 0.333. The SMILES string of the molecule is O=S(=O)(CCOc1ccccc1)N1CCN(c2ccccc2Cl)CC1. The summed E-state index contributed by atoms with van der Waals surface area (Å²) in [5.74, 6) is 0.662. The second-order valence-corrected chi connectivity index (χ2v) is 8.31. The average Bonchev–Trinajstić information content (AvgIpc) is 2.63. The van der Waals surface area contributed by atoms with Crippen molar-refractivity contribution in [1.29, 1.82) is 0 Å². The Labute approximate surface area is 153 Å². The Bertz CT molecular complexity index is 791. The number of hydrogen-bond acceptors (Lipinski definition) is 4. The summed E-state index contributed by atoms with van der Waals surface area (Å²) in [6.07, 6.45) is 0. The number of nitrogens with zero attached hydrogens (tertiary/aromatic N) is 2. The van der Waals surface area contributed by atoms with Crippen LogP contribution in [0.5, 0.6) is 5.75 Å². The molecule has 0 bridgehead atoms. The summed E-state index contributed by atoms with van der Waals surface area (Å²) in [4.78, 5) is 2.12. The summed E-state index contributed by atoms with van der Waals surface area (Å²) in [6.45, 7) is 2.32. The molecule has 0 radical (unpaired) electrons. The van der Waals surface area contributed by atoms with E-state index in [2.05, 4.69) is 4.90 Å². The average molecular weight is 381 g/mol. The van der Waals surface area contributed by atoms with E-state index in [-0.39, 0.29) is 12.4 Å². The minimum Gasteiger partial charge on any atom is -0.492 e. The van der Waals surface area contributed by atoms with Crippen LogP contribution in [0.4, 0.5) is 5.69 Å². The van der Waals surface area contributed by atoms with Crippen molar-refractivity contribution in [3.8, 4) is 5.75 Å². The van der Waals surface area contributed by atoms with Crippen molar-refractivity contribution in [3.63, 3.8) is 0 Å². The number of hydrogen-bond donors (Lipinski definition) is 0. The molecule has 1 heterocycles. The molecule has 0 unspecified atom stereocenters. The van der Waals surface area contributed by atoms with Gasteiger partial charge in [-0.3, -0.25) is 0 Å². The molecule has 0 N–H and O–H groups in total. The summed E-state index contributed by atoms with van der Waals surface area (Å²) in [6, 6.07) is 16.9. The molecule has 0 atom stereocenters. The first-order chi connectivity index (χ1) is 12.1. The van der Waals surface area contributed by atoms with E-state index in [4.69, 9.17) is 16.3 Å². The quantitative estimate of drug-likeness (QED) is 0.773. The van der Waals surface area contributed by atoms with E-state index in [0.29, 0.717) is 37.0 Å². The Morgan fingerprint density at radius 3 is 2.24 bits per heavy atom. The summed E-state index contributed by atoms with van der Waals surface area (Å²) in [5.41, 5.74) is 0.952. The number of anilines is 1. The van der Waals surface area contributed by atoms with Crippen molar-refractivity contribution >= 4 is 27.3 Å². The third kappa shape index (κ3) is 4.66. The van der Waals surface area contributed by atoms with Crippen LogP contribution in [-0.4, -0.2) is 51.3 Å². The minimum absolute atomic E-state index is 0.0199. The zero-order chi connectivity index (χ0) is 17.7. The van der Waals surface area contributed by atoms with Gasteiger partial charge in [0.15, 0.2) is 0 Å². The highest BCUT2D eigenvalue weighted by Gasteiger charge is 2.27. The number of ether oxygens (including phenoxy) is 1. The molecular weight excluding hydrogens is 360 g/mol. The topological polar surface area (TPSA) is 49.9 Å². The zero-order valence-corrected chi connectivity index (χ0v) is 15.4. The molecule has 2 aromatic rings. The van der Waals surface area contributed by atoms with Gasteiger partial charge < -0.3 is 9.64 Å². The van der Waals surface area contributed by atoms with Crippen LogP contribution in [0.25, 0.3) is 0 Å². The van der Waals surface area contributed by atoms with Crippen LogP contribution < -0.4 is 9.64 Å². The van der Waals surface area contributed by atoms with Gasteiger partial charge >= 0.3 is 0 Å². The third-order valence-corrected chi connectivity index (χ3v) is 6.33. The molecule has 0 aliphatic carbocycles. The molecule has 134 valence electrons. The maximum Gasteiger partial charge on any atom is 0.217 e. The van der Waals surface area contributed by atoms with Crippen molar-refractivity contribution in [2.75, 3.05) is 43.4 Å². The highest BCUT2D eigenvalue weighted by molar-refractivity contribution is 7.89. The van der Waals surface area contributed by atoms with Gasteiger partial charge in [0.1, 0.15) is 12.4 Å². The lowest BCUT2D eigenvalue weighted by Crippen LogP contribution is -2.49. The number of rotatable bonds is 6. The Kier molecular flexibility index (Phi) is 5.83. The van der Waals surface area contributed by atoms with E-state index >= 15 is 0 Å². The number of piperazine rings is 1.